The minimum absolute atomic E-state index is 0.105. The Morgan fingerprint density at radius 1 is 1.61 bits per heavy atom. The predicted molar refractivity (Wildman–Crippen MR) is 70.7 cm³/mol. The van der Waals surface area contributed by atoms with Crippen molar-refractivity contribution in [3.05, 3.63) is 22.2 Å². The Kier molecular flexibility index (Phi) is 4.98. The molecular weight excluding hydrogens is 258 g/mol. The normalized spacial score (nSPS) is 13.7. The minimum atomic E-state index is -0.994. The SMILES string of the molecule is CC(CS(C)=O)Nc1nc(NN)ccc1[N+](=O)[O-]. The van der Waals surface area contributed by atoms with Crippen molar-refractivity contribution in [1.29, 1.82) is 0 Å². The van der Waals surface area contributed by atoms with E-state index in [9.17, 15) is 14.3 Å². The number of nitro groups is 1. The summed E-state index contributed by atoms with van der Waals surface area (Å²) in [6, 6.07) is 2.52. The average molecular weight is 273 g/mol. The molecule has 0 aliphatic rings. The summed E-state index contributed by atoms with van der Waals surface area (Å²) in [5.74, 6) is 5.99. The average Bonchev–Trinajstić information content (AvgIpc) is 2.27. The second kappa shape index (κ2) is 6.26. The van der Waals surface area contributed by atoms with Crippen LogP contribution in [0.2, 0.25) is 0 Å². The highest BCUT2D eigenvalue weighted by Gasteiger charge is 2.18. The third-order valence-corrected chi connectivity index (χ3v) is 3.06. The topological polar surface area (TPSA) is 123 Å². The Hall–Kier alpha value is -1.74. The lowest BCUT2D eigenvalue weighted by atomic mass is 10.3. The number of nitrogen functional groups attached to an aromatic ring is 1. The summed E-state index contributed by atoms with van der Waals surface area (Å²) in [6.07, 6.45) is 1.57. The monoisotopic (exact) mass is 273 g/mol. The number of hydrogen-bond donors (Lipinski definition) is 3. The lowest BCUT2D eigenvalue weighted by Crippen LogP contribution is -2.23. The first-order valence-electron chi connectivity index (χ1n) is 5.12. The molecule has 0 aliphatic heterocycles. The molecule has 2 atom stereocenters. The van der Waals surface area contributed by atoms with Gasteiger partial charge in [0.05, 0.1) is 4.92 Å². The third-order valence-electron chi connectivity index (χ3n) is 2.09. The summed E-state index contributed by atoms with van der Waals surface area (Å²) in [7, 11) is -0.994. The number of rotatable bonds is 6. The Labute approximate surface area is 107 Å². The van der Waals surface area contributed by atoms with Crippen LogP contribution in [0.4, 0.5) is 17.3 Å². The van der Waals surface area contributed by atoms with Gasteiger partial charge in [0, 0.05) is 34.9 Å². The second-order valence-electron chi connectivity index (χ2n) is 3.75. The zero-order chi connectivity index (χ0) is 13.7. The maximum absolute atomic E-state index is 11.1. The van der Waals surface area contributed by atoms with Gasteiger partial charge in [-0.05, 0) is 13.0 Å². The van der Waals surface area contributed by atoms with Gasteiger partial charge in [-0.3, -0.25) is 14.3 Å². The number of pyridine rings is 1. The van der Waals surface area contributed by atoms with Crippen molar-refractivity contribution in [3.63, 3.8) is 0 Å². The molecule has 0 spiro atoms. The molecule has 1 heterocycles. The van der Waals surface area contributed by atoms with Crippen LogP contribution in [-0.4, -0.2) is 32.2 Å². The van der Waals surface area contributed by atoms with Crippen LogP contribution in [0.1, 0.15) is 6.92 Å². The van der Waals surface area contributed by atoms with Gasteiger partial charge in [-0.25, -0.2) is 10.8 Å². The van der Waals surface area contributed by atoms with Crippen LogP contribution >= 0.6 is 0 Å². The van der Waals surface area contributed by atoms with Crippen molar-refractivity contribution in [2.75, 3.05) is 22.8 Å². The fourth-order valence-corrected chi connectivity index (χ4v) is 2.20. The van der Waals surface area contributed by atoms with Gasteiger partial charge >= 0.3 is 5.69 Å². The lowest BCUT2D eigenvalue weighted by molar-refractivity contribution is -0.384. The Morgan fingerprint density at radius 3 is 2.78 bits per heavy atom. The first kappa shape index (κ1) is 14.3. The zero-order valence-electron chi connectivity index (χ0n) is 10.0. The molecule has 0 bridgehead atoms. The molecule has 1 aromatic heterocycles. The summed E-state index contributed by atoms with van der Waals surface area (Å²) < 4.78 is 11.1. The van der Waals surface area contributed by atoms with Crippen LogP contribution in [0.25, 0.3) is 0 Å². The second-order valence-corrected chi connectivity index (χ2v) is 5.23. The molecule has 0 aliphatic carbocycles. The van der Waals surface area contributed by atoms with Gasteiger partial charge in [0.15, 0.2) is 0 Å². The molecule has 2 unspecified atom stereocenters. The maximum Gasteiger partial charge on any atom is 0.311 e. The Bertz CT molecular complexity index is 468. The minimum Gasteiger partial charge on any atom is -0.361 e. The Morgan fingerprint density at radius 2 is 2.28 bits per heavy atom. The van der Waals surface area contributed by atoms with E-state index in [1.54, 1.807) is 13.2 Å². The van der Waals surface area contributed by atoms with Gasteiger partial charge in [0.2, 0.25) is 5.82 Å². The largest absolute Gasteiger partial charge is 0.361 e. The number of aromatic nitrogens is 1. The first-order valence-corrected chi connectivity index (χ1v) is 6.85. The van der Waals surface area contributed by atoms with Crippen molar-refractivity contribution >= 4 is 28.1 Å². The summed E-state index contributed by atoms with van der Waals surface area (Å²) in [4.78, 5) is 14.3. The molecule has 4 N–H and O–H groups in total. The predicted octanol–water partition coefficient (Wildman–Crippen LogP) is 0.454. The zero-order valence-corrected chi connectivity index (χ0v) is 10.9. The summed E-state index contributed by atoms with van der Waals surface area (Å²) in [5.41, 5.74) is 2.16. The van der Waals surface area contributed by atoms with Crippen LogP contribution in [0.5, 0.6) is 0 Å². The molecular formula is C9H15N5O3S. The summed E-state index contributed by atoms with van der Waals surface area (Å²) >= 11 is 0. The maximum atomic E-state index is 11.1. The molecule has 0 saturated heterocycles. The van der Waals surface area contributed by atoms with Gasteiger partial charge < -0.3 is 10.7 Å². The smallest absolute Gasteiger partial charge is 0.311 e. The van der Waals surface area contributed by atoms with Crippen molar-refractivity contribution < 1.29 is 9.13 Å². The van der Waals surface area contributed by atoms with Crippen molar-refractivity contribution in [1.82, 2.24) is 4.98 Å². The Balaban J connectivity index is 2.96. The molecule has 0 amide bonds. The lowest BCUT2D eigenvalue weighted by Gasteiger charge is -2.13. The van der Waals surface area contributed by atoms with Crippen molar-refractivity contribution in [2.24, 2.45) is 5.84 Å². The molecule has 1 aromatic rings. The molecule has 100 valence electrons. The highest BCUT2D eigenvalue weighted by Crippen LogP contribution is 2.24. The summed E-state index contributed by atoms with van der Waals surface area (Å²) in [6.45, 7) is 1.77. The van der Waals surface area contributed by atoms with E-state index in [0.29, 0.717) is 11.6 Å². The van der Waals surface area contributed by atoms with Crippen molar-refractivity contribution in [3.8, 4) is 0 Å². The van der Waals surface area contributed by atoms with E-state index in [1.807, 2.05) is 0 Å². The van der Waals surface area contributed by atoms with Crippen LogP contribution in [0.3, 0.4) is 0 Å². The molecule has 8 nitrogen and oxygen atoms in total. The molecule has 0 radical (unpaired) electrons. The van der Waals surface area contributed by atoms with E-state index in [-0.39, 0.29) is 17.5 Å². The first-order chi connectivity index (χ1) is 8.43. The van der Waals surface area contributed by atoms with Crippen molar-refractivity contribution in [2.45, 2.75) is 13.0 Å². The van der Waals surface area contributed by atoms with Gasteiger partial charge in [-0.15, -0.1) is 0 Å². The number of nitrogens with zero attached hydrogens (tertiary/aromatic N) is 2. The van der Waals surface area contributed by atoms with E-state index in [0.717, 1.165) is 0 Å². The molecule has 1 rings (SSSR count). The van der Waals surface area contributed by atoms with E-state index < -0.39 is 15.7 Å². The summed E-state index contributed by atoms with van der Waals surface area (Å²) in [5, 5.41) is 13.7. The molecule has 18 heavy (non-hydrogen) atoms. The van der Waals surface area contributed by atoms with Gasteiger partial charge in [-0.1, -0.05) is 0 Å². The number of hydrazine groups is 1. The van der Waals surface area contributed by atoms with Gasteiger partial charge in [-0.2, -0.15) is 0 Å². The molecule has 0 fully saturated rings. The van der Waals surface area contributed by atoms with Gasteiger partial charge in [0.25, 0.3) is 0 Å². The molecule has 9 heteroatoms. The quantitative estimate of drug-likeness (QED) is 0.390. The number of anilines is 2. The van der Waals surface area contributed by atoms with Crippen LogP contribution in [-0.2, 0) is 10.8 Å². The molecule has 0 aromatic carbocycles. The van der Waals surface area contributed by atoms with Gasteiger partial charge in [0.1, 0.15) is 5.82 Å². The number of nitrogens with one attached hydrogen (secondary N) is 2. The van der Waals surface area contributed by atoms with Crippen LogP contribution in [0.15, 0.2) is 12.1 Å². The highest BCUT2D eigenvalue weighted by atomic mass is 32.2. The van der Waals surface area contributed by atoms with Crippen LogP contribution in [0, 0.1) is 10.1 Å². The standard InChI is InChI=1S/C9H15N5O3S/c1-6(5-18(2)17)11-9-7(14(15)16)3-4-8(12-9)13-10/h3-4,6H,5,10H2,1-2H3,(H2,11,12,13). The fourth-order valence-electron chi connectivity index (χ4n) is 1.41. The van der Waals surface area contributed by atoms with E-state index in [1.165, 1.54) is 12.1 Å². The number of nitrogens with two attached hydrogens (primary N) is 1. The van der Waals surface area contributed by atoms with Crippen LogP contribution < -0.4 is 16.6 Å². The number of hydrogen-bond acceptors (Lipinski definition) is 7. The van der Waals surface area contributed by atoms with E-state index in [4.69, 9.17) is 5.84 Å². The fraction of sp³-hybridized carbons (Fsp3) is 0.444. The van der Waals surface area contributed by atoms with E-state index >= 15 is 0 Å². The third kappa shape index (κ3) is 3.93. The van der Waals surface area contributed by atoms with E-state index in [2.05, 4.69) is 15.7 Å². The highest BCUT2D eigenvalue weighted by molar-refractivity contribution is 7.84. The molecule has 0 saturated carbocycles.